The lowest BCUT2D eigenvalue weighted by atomic mass is 10.2. The summed E-state index contributed by atoms with van der Waals surface area (Å²) >= 11 is 0. The number of rotatable bonds is 7. The van der Waals surface area contributed by atoms with Crippen molar-refractivity contribution >= 4 is 5.69 Å². The highest BCUT2D eigenvalue weighted by Crippen LogP contribution is 2.15. The Morgan fingerprint density at radius 3 is 2.57 bits per heavy atom. The molecule has 0 heterocycles. The molecule has 2 aromatic carbocycles. The van der Waals surface area contributed by atoms with Gasteiger partial charge in [0.05, 0.1) is 6.61 Å². The smallest absolute Gasteiger partial charge is 0.125 e. The molecule has 0 aromatic heterocycles. The Kier molecular flexibility index (Phi) is 5.58. The van der Waals surface area contributed by atoms with Crippen molar-refractivity contribution < 1.29 is 9.13 Å². The Bertz CT molecular complexity index is 557. The van der Waals surface area contributed by atoms with Crippen molar-refractivity contribution in [1.82, 2.24) is 0 Å². The van der Waals surface area contributed by atoms with Crippen LogP contribution in [-0.4, -0.2) is 20.2 Å². The van der Waals surface area contributed by atoms with Crippen LogP contribution >= 0.6 is 0 Å². The van der Waals surface area contributed by atoms with Gasteiger partial charge in [-0.25, -0.2) is 4.39 Å². The predicted molar refractivity (Wildman–Crippen MR) is 84.1 cm³/mol. The minimum atomic E-state index is -0.212. The third-order valence-corrected chi connectivity index (χ3v) is 3.31. The summed E-state index contributed by atoms with van der Waals surface area (Å²) in [7, 11) is 1.95. The second-order valence-electron chi connectivity index (χ2n) is 4.95. The largest absolute Gasteiger partial charge is 0.494 e. The first-order valence-electron chi connectivity index (χ1n) is 7.07. The van der Waals surface area contributed by atoms with Crippen LogP contribution in [0.5, 0.6) is 5.75 Å². The molecule has 2 aromatic rings. The third kappa shape index (κ3) is 4.76. The van der Waals surface area contributed by atoms with E-state index in [1.165, 1.54) is 12.1 Å². The van der Waals surface area contributed by atoms with Gasteiger partial charge >= 0.3 is 0 Å². The summed E-state index contributed by atoms with van der Waals surface area (Å²) in [5, 5.41) is 0. The molecular weight excluding hydrogens is 267 g/mol. The van der Waals surface area contributed by atoms with E-state index in [9.17, 15) is 4.39 Å². The Hall–Kier alpha value is -2.07. The number of anilines is 1. The van der Waals surface area contributed by atoms with Crippen LogP contribution in [0.3, 0.4) is 0 Å². The zero-order valence-electron chi connectivity index (χ0n) is 12.3. The molecule has 0 aliphatic carbocycles. The Morgan fingerprint density at radius 1 is 1.14 bits per heavy atom. The van der Waals surface area contributed by atoms with Crippen molar-refractivity contribution in [2.45, 2.75) is 13.0 Å². The van der Waals surface area contributed by atoms with Crippen molar-refractivity contribution in [3.63, 3.8) is 0 Å². The first-order chi connectivity index (χ1) is 10.2. The summed E-state index contributed by atoms with van der Waals surface area (Å²) in [6.45, 7) is 1.98. The lowest BCUT2D eigenvalue weighted by Crippen LogP contribution is -2.20. The van der Waals surface area contributed by atoms with Gasteiger partial charge in [0, 0.05) is 25.8 Å². The number of nitrogens with two attached hydrogens (primary N) is 1. The lowest BCUT2D eigenvalue weighted by molar-refractivity contribution is 0.312. The molecule has 0 atom stereocenters. The van der Waals surface area contributed by atoms with Gasteiger partial charge in [0.2, 0.25) is 0 Å². The molecule has 0 amide bonds. The number of halogens is 1. The fraction of sp³-hybridized carbons (Fsp3) is 0.294. The van der Waals surface area contributed by atoms with Crippen molar-refractivity contribution in [1.29, 1.82) is 0 Å². The maximum absolute atomic E-state index is 13.1. The molecule has 0 saturated heterocycles. The van der Waals surface area contributed by atoms with Crippen molar-refractivity contribution in [3.8, 4) is 5.75 Å². The van der Waals surface area contributed by atoms with Gasteiger partial charge in [-0.05, 0) is 42.3 Å². The maximum Gasteiger partial charge on any atom is 0.125 e. The van der Waals surface area contributed by atoms with Gasteiger partial charge < -0.3 is 15.4 Å². The summed E-state index contributed by atoms with van der Waals surface area (Å²) in [4.78, 5) is 2.02. The quantitative estimate of drug-likeness (QED) is 0.795. The van der Waals surface area contributed by atoms with E-state index in [-0.39, 0.29) is 5.82 Å². The third-order valence-electron chi connectivity index (χ3n) is 3.31. The van der Waals surface area contributed by atoms with Gasteiger partial charge in [-0.15, -0.1) is 0 Å². The Labute approximate surface area is 125 Å². The molecule has 0 spiro atoms. The van der Waals surface area contributed by atoms with E-state index in [4.69, 9.17) is 10.5 Å². The summed E-state index contributed by atoms with van der Waals surface area (Å²) in [6.07, 6.45) is 0.867. The molecule has 112 valence electrons. The Balaban J connectivity index is 1.73. The van der Waals surface area contributed by atoms with Crippen LogP contribution in [0.25, 0.3) is 0 Å². The minimum absolute atomic E-state index is 0.212. The maximum atomic E-state index is 13.1. The highest BCUT2D eigenvalue weighted by Gasteiger charge is 2.02. The SMILES string of the molecule is CN(CCCOc1ccc(CN)cc1)c1cccc(F)c1. The molecule has 0 radical (unpaired) electrons. The van der Waals surface area contributed by atoms with Crippen molar-refractivity contribution in [2.24, 2.45) is 5.73 Å². The second-order valence-corrected chi connectivity index (χ2v) is 4.95. The predicted octanol–water partition coefficient (Wildman–Crippen LogP) is 3.19. The normalized spacial score (nSPS) is 10.4. The number of hydrogen-bond acceptors (Lipinski definition) is 3. The number of hydrogen-bond donors (Lipinski definition) is 1. The van der Waals surface area contributed by atoms with Gasteiger partial charge in [0.1, 0.15) is 11.6 Å². The van der Waals surface area contributed by atoms with Gasteiger partial charge in [-0.2, -0.15) is 0 Å². The number of benzene rings is 2. The van der Waals surface area contributed by atoms with Crippen LogP contribution in [0.15, 0.2) is 48.5 Å². The molecule has 0 saturated carbocycles. The topological polar surface area (TPSA) is 38.5 Å². The highest BCUT2D eigenvalue weighted by atomic mass is 19.1. The molecule has 0 fully saturated rings. The van der Waals surface area contributed by atoms with Crippen molar-refractivity contribution in [3.05, 3.63) is 59.9 Å². The van der Waals surface area contributed by atoms with Crippen molar-refractivity contribution in [2.75, 3.05) is 25.1 Å². The average Bonchev–Trinajstić information content (AvgIpc) is 2.52. The first-order valence-corrected chi connectivity index (χ1v) is 7.07. The monoisotopic (exact) mass is 288 g/mol. The zero-order valence-corrected chi connectivity index (χ0v) is 12.3. The Morgan fingerprint density at radius 2 is 1.90 bits per heavy atom. The van der Waals surface area contributed by atoms with E-state index >= 15 is 0 Å². The van der Waals surface area contributed by atoms with Gasteiger partial charge in [-0.3, -0.25) is 0 Å². The molecule has 2 rings (SSSR count). The van der Waals surface area contributed by atoms with Crippen LogP contribution in [0.1, 0.15) is 12.0 Å². The molecule has 2 N–H and O–H groups in total. The average molecular weight is 288 g/mol. The summed E-state index contributed by atoms with van der Waals surface area (Å²) in [6, 6.07) is 14.4. The summed E-state index contributed by atoms with van der Waals surface area (Å²) in [5.74, 6) is 0.635. The highest BCUT2D eigenvalue weighted by molar-refractivity contribution is 5.45. The van der Waals surface area contributed by atoms with Gasteiger partial charge in [-0.1, -0.05) is 18.2 Å². The number of nitrogens with zero attached hydrogens (tertiary/aromatic N) is 1. The summed E-state index contributed by atoms with van der Waals surface area (Å²) < 4.78 is 18.8. The van der Waals surface area contributed by atoms with E-state index in [1.54, 1.807) is 6.07 Å². The van der Waals surface area contributed by atoms with E-state index < -0.39 is 0 Å². The van der Waals surface area contributed by atoms with E-state index in [0.29, 0.717) is 13.2 Å². The molecule has 0 bridgehead atoms. The second kappa shape index (κ2) is 7.64. The lowest BCUT2D eigenvalue weighted by Gasteiger charge is -2.19. The fourth-order valence-electron chi connectivity index (χ4n) is 2.06. The molecule has 0 unspecified atom stereocenters. The van der Waals surface area contributed by atoms with Crippen LogP contribution in [0.2, 0.25) is 0 Å². The molecule has 0 aliphatic rings. The van der Waals surface area contributed by atoms with Crippen LogP contribution in [0, 0.1) is 5.82 Å². The molecule has 4 heteroatoms. The molecular formula is C17H21FN2O. The van der Waals surface area contributed by atoms with Crippen LogP contribution in [0.4, 0.5) is 10.1 Å². The van der Waals surface area contributed by atoms with Gasteiger partial charge in [0.25, 0.3) is 0 Å². The van der Waals surface area contributed by atoms with Crippen LogP contribution in [-0.2, 0) is 6.54 Å². The molecule has 21 heavy (non-hydrogen) atoms. The summed E-state index contributed by atoms with van der Waals surface area (Å²) in [5.41, 5.74) is 7.52. The van der Waals surface area contributed by atoms with Gasteiger partial charge in [0.15, 0.2) is 0 Å². The fourth-order valence-corrected chi connectivity index (χ4v) is 2.06. The first kappa shape index (κ1) is 15.3. The van der Waals surface area contributed by atoms with E-state index in [1.807, 2.05) is 42.3 Å². The zero-order chi connectivity index (χ0) is 15.1. The van der Waals surface area contributed by atoms with E-state index in [0.717, 1.165) is 30.0 Å². The minimum Gasteiger partial charge on any atom is -0.494 e. The molecule has 3 nitrogen and oxygen atoms in total. The standard InChI is InChI=1S/C17H21FN2O/c1-20(16-5-2-4-15(18)12-16)10-3-11-21-17-8-6-14(13-19)7-9-17/h2,4-9,12H,3,10-11,13,19H2,1H3. The van der Waals surface area contributed by atoms with E-state index in [2.05, 4.69) is 0 Å². The van der Waals surface area contributed by atoms with Crippen LogP contribution < -0.4 is 15.4 Å². The number of ether oxygens (including phenoxy) is 1. The molecule has 0 aliphatic heterocycles.